The van der Waals surface area contributed by atoms with Gasteiger partial charge in [0.05, 0.1) is 12.0 Å². The Kier molecular flexibility index (Phi) is 6.54. The normalized spacial score (nSPS) is 13.3. The Labute approximate surface area is 146 Å². The zero-order valence-corrected chi connectivity index (χ0v) is 14.6. The highest BCUT2D eigenvalue weighted by atomic mass is 19.4. The molecule has 0 atom stereocenters. The zero-order chi connectivity index (χ0) is 20.3. The lowest BCUT2D eigenvalue weighted by atomic mass is 10.1. The van der Waals surface area contributed by atoms with E-state index in [-0.39, 0.29) is 11.3 Å². The molecule has 0 aliphatic rings. The van der Waals surface area contributed by atoms with Crippen LogP contribution >= 0.6 is 0 Å². The van der Waals surface area contributed by atoms with Crippen LogP contribution in [0.4, 0.5) is 36.4 Å². The third kappa shape index (κ3) is 4.79. The molecule has 0 aromatic heterocycles. The molecule has 3 nitrogen and oxygen atoms in total. The Morgan fingerprint density at radius 3 is 2.12 bits per heavy atom. The molecule has 0 bridgehead atoms. The summed E-state index contributed by atoms with van der Waals surface area (Å²) in [6.07, 6.45) is -4.84. The van der Waals surface area contributed by atoms with Crippen molar-refractivity contribution in [1.29, 1.82) is 0 Å². The van der Waals surface area contributed by atoms with E-state index in [1.165, 1.54) is 19.1 Å². The summed E-state index contributed by atoms with van der Waals surface area (Å²) in [4.78, 5) is 5.96. The van der Waals surface area contributed by atoms with Crippen molar-refractivity contribution in [2.45, 2.75) is 38.8 Å². The Balaban J connectivity index is 2.99. The largest absolute Gasteiger partial charge is 0.487 e. The number of ether oxygens (including phenoxy) is 1. The minimum Gasteiger partial charge on any atom is -0.487 e. The van der Waals surface area contributed by atoms with Crippen LogP contribution in [0.15, 0.2) is 17.1 Å². The molecular formula is C16H19F7N2O. The fourth-order valence-corrected chi connectivity index (χ4v) is 1.78. The van der Waals surface area contributed by atoms with E-state index in [9.17, 15) is 30.7 Å². The first-order valence-electron chi connectivity index (χ1n) is 7.53. The molecule has 0 saturated carbocycles. The van der Waals surface area contributed by atoms with Crippen molar-refractivity contribution in [2.75, 3.05) is 20.2 Å². The summed E-state index contributed by atoms with van der Waals surface area (Å²) in [5, 5.41) is 0. The molecule has 0 spiro atoms. The van der Waals surface area contributed by atoms with Crippen molar-refractivity contribution in [3.63, 3.8) is 0 Å². The first-order chi connectivity index (χ1) is 11.7. The van der Waals surface area contributed by atoms with Gasteiger partial charge in [-0.3, -0.25) is 0 Å². The molecule has 1 rings (SSSR count). The summed E-state index contributed by atoms with van der Waals surface area (Å²) in [6, 6.07) is 2.72. The van der Waals surface area contributed by atoms with Crippen molar-refractivity contribution in [1.82, 2.24) is 4.90 Å². The predicted octanol–water partition coefficient (Wildman–Crippen LogP) is 5.13. The molecule has 0 fully saturated rings. The van der Waals surface area contributed by atoms with Crippen LogP contribution in [0.3, 0.4) is 0 Å². The van der Waals surface area contributed by atoms with Gasteiger partial charge in [-0.25, -0.2) is 4.99 Å². The molecule has 1 aromatic rings. The molecule has 1 aromatic carbocycles. The van der Waals surface area contributed by atoms with E-state index in [0.717, 1.165) is 0 Å². The number of aliphatic imine (C=N–C) groups is 1. The number of rotatable bonds is 7. The van der Waals surface area contributed by atoms with E-state index in [1.807, 2.05) is 6.92 Å². The van der Waals surface area contributed by atoms with Crippen LogP contribution in [0.1, 0.15) is 18.1 Å². The first kappa shape index (κ1) is 22.0. The van der Waals surface area contributed by atoms with Gasteiger partial charge < -0.3 is 9.64 Å². The average molecular weight is 388 g/mol. The van der Waals surface area contributed by atoms with Crippen LogP contribution in [0, 0.1) is 13.8 Å². The summed E-state index contributed by atoms with van der Waals surface area (Å²) in [5.74, 6) is -11.8. The number of halogens is 7. The maximum absolute atomic E-state index is 13.3. The standard InChI is InChI=1S/C16H19F7N2O/c1-5-25(4)9-24-12-6-11(3)13(7-10(12)2)26-8-14(17,18)15(19,20)16(21,22)23/h6-7,9H,5,8H2,1-4H3. The van der Waals surface area contributed by atoms with Crippen LogP contribution in [0.2, 0.25) is 0 Å². The number of benzene rings is 1. The van der Waals surface area contributed by atoms with Crippen LogP contribution in [-0.4, -0.2) is 49.5 Å². The average Bonchev–Trinajstić information content (AvgIpc) is 2.52. The fraction of sp³-hybridized carbons (Fsp3) is 0.562. The van der Waals surface area contributed by atoms with Crippen molar-refractivity contribution in [2.24, 2.45) is 4.99 Å². The third-order valence-electron chi connectivity index (χ3n) is 3.61. The lowest BCUT2D eigenvalue weighted by Crippen LogP contribution is -2.54. The van der Waals surface area contributed by atoms with Gasteiger partial charge in [0.15, 0.2) is 6.61 Å². The van der Waals surface area contributed by atoms with Gasteiger partial charge >= 0.3 is 18.0 Å². The summed E-state index contributed by atoms with van der Waals surface area (Å²) in [5.41, 5.74) is 1.24. The Morgan fingerprint density at radius 1 is 1.04 bits per heavy atom. The minimum absolute atomic E-state index is 0.219. The van der Waals surface area contributed by atoms with Crippen molar-refractivity contribution in [3.05, 3.63) is 23.3 Å². The van der Waals surface area contributed by atoms with Gasteiger partial charge in [-0.15, -0.1) is 0 Å². The quantitative estimate of drug-likeness (QED) is 0.368. The molecule has 0 saturated heterocycles. The van der Waals surface area contributed by atoms with E-state index in [4.69, 9.17) is 0 Å². The van der Waals surface area contributed by atoms with Crippen LogP contribution in [-0.2, 0) is 0 Å². The van der Waals surface area contributed by atoms with Gasteiger partial charge in [0.25, 0.3) is 0 Å². The second-order valence-electron chi connectivity index (χ2n) is 5.79. The molecule has 148 valence electrons. The lowest BCUT2D eigenvalue weighted by molar-refractivity contribution is -0.358. The van der Waals surface area contributed by atoms with Gasteiger partial charge in [0.2, 0.25) is 0 Å². The van der Waals surface area contributed by atoms with Crippen LogP contribution in [0.25, 0.3) is 0 Å². The monoisotopic (exact) mass is 388 g/mol. The van der Waals surface area contributed by atoms with Gasteiger partial charge in [0, 0.05) is 13.6 Å². The Bertz CT molecular complexity index is 657. The topological polar surface area (TPSA) is 24.8 Å². The van der Waals surface area contributed by atoms with Gasteiger partial charge in [0.1, 0.15) is 5.75 Å². The number of alkyl halides is 7. The molecule has 0 aliphatic carbocycles. The van der Waals surface area contributed by atoms with Gasteiger partial charge in [-0.2, -0.15) is 30.7 Å². The summed E-state index contributed by atoms with van der Waals surface area (Å²) in [7, 11) is 1.78. The molecule has 10 heteroatoms. The van der Waals surface area contributed by atoms with E-state index < -0.39 is 24.6 Å². The van der Waals surface area contributed by atoms with Gasteiger partial charge in [-0.1, -0.05) is 0 Å². The summed E-state index contributed by atoms with van der Waals surface area (Å²) < 4.78 is 93.4. The maximum Gasteiger partial charge on any atom is 0.460 e. The second kappa shape index (κ2) is 7.71. The maximum atomic E-state index is 13.3. The third-order valence-corrected chi connectivity index (χ3v) is 3.61. The number of nitrogens with zero attached hydrogens (tertiary/aromatic N) is 2. The highest BCUT2D eigenvalue weighted by Gasteiger charge is 2.73. The van der Waals surface area contributed by atoms with Crippen LogP contribution in [0.5, 0.6) is 5.75 Å². The molecule has 0 unspecified atom stereocenters. The SMILES string of the molecule is CCN(C)C=Nc1cc(C)c(OCC(F)(F)C(F)(F)C(F)(F)F)cc1C. The van der Waals surface area contributed by atoms with E-state index in [1.54, 1.807) is 25.2 Å². The zero-order valence-electron chi connectivity index (χ0n) is 14.6. The molecule has 0 amide bonds. The summed E-state index contributed by atoms with van der Waals surface area (Å²) >= 11 is 0. The first-order valence-corrected chi connectivity index (χ1v) is 7.53. The van der Waals surface area contributed by atoms with E-state index in [0.29, 0.717) is 17.8 Å². The molecule has 0 radical (unpaired) electrons. The minimum atomic E-state index is -6.38. The lowest BCUT2D eigenvalue weighted by Gasteiger charge is -2.28. The Morgan fingerprint density at radius 2 is 1.62 bits per heavy atom. The number of aryl methyl sites for hydroxylation is 2. The fourth-order valence-electron chi connectivity index (χ4n) is 1.78. The molecule has 0 aliphatic heterocycles. The summed E-state index contributed by atoms with van der Waals surface area (Å²) in [6.45, 7) is 3.51. The smallest absolute Gasteiger partial charge is 0.460 e. The van der Waals surface area contributed by atoms with Crippen molar-refractivity contribution < 1.29 is 35.5 Å². The van der Waals surface area contributed by atoms with Crippen LogP contribution < -0.4 is 4.74 Å². The van der Waals surface area contributed by atoms with E-state index >= 15 is 0 Å². The van der Waals surface area contributed by atoms with Gasteiger partial charge in [-0.05, 0) is 44.0 Å². The molecule has 26 heavy (non-hydrogen) atoms. The van der Waals surface area contributed by atoms with Crippen molar-refractivity contribution in [3.8, 4) is 5.75 Å². The Hall–Kier alpha value is -2.00. The number of hydrogen-bond donors (Lipinski definition) is 0. The van der Waals surface area contributed by atoms with Crippen molar-refractivity contribution >= 4 is 12.0 Å². The van der Waals surface area contributed by atoms with E-state index in [2.05, 4.69) is 9.73 Å². The molecule has 0 heterocycles. The predicted molar refractivity (Wildman–Crippen MR) is 83.8 cm³/mol. The highest BCUT2D eigenvalue weighted by molar-refractivity contribution is 5.64. The second-order valence-corrected chi connectivity index (χ2v) is 5.79. The number of hydrogen-bond acceptors (Lipinski definition) is 2. The molecular weight excluding hydrogens is 369 g/mol. The molecule has 0 N–H and O–H groups in total. The highest BCUT2D eigenvalue weighted by Crippen LogP contribution is 2.46.